The molecule has 1 aromatic carbocycles. The van der Waals surface area contributed by atoms with Crippen LogP contribution in [-0.2, 0) is 14.3 Å². The molecule has 132 valence electrons. The number of amides is 2. The van der Waals surface area contributed by atoms with Crippen molar-refractivity contribution >= 4 is 35.1 Å². The minimum atomic E-state index is -1.20. The molecule has 0 N–H and O–H groups in total. The molecule has 8 nitrogen and oxygen atoms in total. The van der Waals surface area contributed by atoms with Crippen molar-refractivity contribution in [2.24, 2.45) is 5.92 Å². The summed E-state index contributed by atoms with van der Waals surface area (Å²) < 4.78 is 15.8. The maximum Gasteiger partial charge on any atom is 0.343 e. The van der Waals surface area contributed by atoms with Gasteiger partial charge in [0.15, 0.2) is 22.5 Å². The highest BCUT2D eigenvalue weighted by molar-refractivity contribution is 7.80. The first-order chi connectivity index (χ1) is 11.8. The normalized spacial score (nSPS) is 20.7. The highest BCUT2D eigenvalue weighted by Crippen LogP contribution is 2.45. The number of rotatable bonds is 3. The van der Waals surface area contributed by atoms with E-state index >= 15 is 0 Å². The van der Waals surface area contributed by atoms with Crippen LogP contribution in [0.1, 0.15) is 22.0 Å². The van der Waals surface area contributed by atoms with E-state index in [1.807, 2.05) is 0 Å². The molecule has 25 heavy (non-hydrogen) atoms. The van der Waals surface area contributed by atoms with Gasteiger partial charge in [0.1, 0.15) is 11.7 Å². The van der Waals surface area contributed by atoms with Gasteiger partial charge < -0.3 is 14.2 Å². The largest absolute Gasteiger partial charge is 0.493 e. The Bertz CT molecular complexity index is 784. The predicted molar refractivity (Wildman–Crippen MR) is 89.3 cm³/mol. The fourth-order valence-electron chi connectivity index (χ4n) is 3.07. The van der Waals surface area contributed by atoms with E-state index in [2.05, 4.69) is 0 Å². The van der Waals surface area contributed by atoms with Crippen LogP contribution in [0.2, 0.25) is 0 Å². The van der Waals surface area contributed by atoms with Gasteiger partial charge in [0.2, 0.25) is 11.8 Å². The molecule has 1 fully saturated rings. The van der Waals surface area contributed by atoms with Crippen molar-refractivity contribution in [3.8, 4) is 11.5 Å². The topological polar surface area (TPSA) is 85.4 Å². The average Bonchev–Trinajstić information content (AvgIpc) is 2.94. The van der Waals surface area contributed by atoms with Gasteiger partial charge in [0.25, 0.3) is 0 Å². The Morgan fingerprint density at radius 2 is 1.64 bits per heavy atom. The number of carbonyl (C=O) groups is 3. The van der Waals surface area contributed by atoms with E-state index in [0.29, 0.717) is 11.3 Å². The Kier molecular flexibility index (Phi) is 4.11. The van der Waals surface area contributed by atoms with Crippen LogP contribution < -0.4 is 9.47 Å². The van der Waals surface area contributed by atoms with E-state index in [9.17, 15) is 14.4 Å². The first kappa shape index (κ1) is 17.2. The van der Waals surface area contributed by atoms with Crippen LogP contribution in [0.5, 0.6) is 11.5 Å². The van der Waals surface area contributed by atoms with E-state index in [-0.39, 0.29) is 16.4 Å². The second-order valence-electron chi connectivity index (χ2n) is 5.65. The van der Waals surface area contributed by atoms with Crippen LogP contribution in [0.3, 0.4) is 0 Å². The zero-order chi connectivity index (χ0) is 18.5. The molecule has 0 radical (unpaired) electrons. The summed E-state index contributed by atoms with van der Waals surface area (Å²) >= 11 is 5.07. The molecule has 1 atom stereocenters. The second kappa shape index (κ2) is 5.99. The van der Waals surface area contributed by atoms with Gasteiger partial charge in [-0.1, -0.05) is 6.07 Å². The molecular formula is C16H16N2O6S. The van der Waals surface area contributed by atoms with E-state index < -0.39 is 29.8 Å². The van der Waals surface area contributed by atoms with Crippen molar-refractivity contribution in [2.75, 3.05) is 28.3 Å². The maximum absolute atomic E-state index is 12.6. The lowest BCUT2D eigenvalue weighted by Gasteiger charge is -2.37. The van der Waals surface area contributed by atoms with Crippen LogP contribution in [0.4, 0.5) is 0 Å². The fourth-order valence-corrected chi connectivity index (χ4v) is 3.25. The van der Waals surface area contributed by atoms with Crippen molar-refractivity contribution in [3.05, 3.63) is 23.3 Å². The van der Waals surface area contributed by atoms with Crippen LogP contribution in [0.25, 0.3) is 0 Å². The lowest BCUT2D eigenvalue weighted by molar-refractivity contribution is -0.150. The Labute approximate surface area is 149 Å². The number of thiocarbonyl (C=S) groups is 1. The fraction of sp³-hybridized carbons (Fsp3) is 0.375. The molecule has 9 heteroatoms. The van der Waals surface area contributed by atoms with Gasteiger partial charge in [-0.2, -0.15) is 0 Å². The number of benzene rings is 1. The summed E-state index contributed by atoms with van der Waals surface area (Å²) in [6.45, 7) is 0. The van der Waals surface area contributed by atoms with Crippen LogP contribution >= 0.6 is 12.2 Å². The third kappa shape index (κ3) is 2.34. The number of hydrogen-bond acceptors (Lipinski definition) is 7. The lowest BCUT2D eigenvalue weighted by Crippen LogP contribution is -2.58. The van der Waals surface area contributed by atoms with Crippen molar-refractivity contribution < 1.29 is 28.6 Å². The monoisotopic (exact) mass is 364 g/mol. The number of methoxy groups -OCH3 is 2. The third-order valence-corrected chi connectivity index (χ3v) is 4.94. The summed E-state index contributed by atoms with van der Waals surface area (Å²) in [6.07, 6.45) is -1.05. The second-order valence-corrected chi connectivity index (χ2v) is 6.01. The first-order valence-electron chi connectivity index (χ1n) is 7.38. The quantitative estimate of drug-likeness (QED) is 0.444. The molecule has 2 aliphatic heterocycles. The third-order valence-electron chi connectivity index (χ3n) is 4.39. The van der Waals surface area contributed by atoms with Crippen molar-refractivity contribution in [1.82, 2.24) is 9.80 Å². The number of esters is 1. The Morgan fingerprint density at radius 3 is 2.16 bits per heavy atom. The number of carbonyl (C=O) groups excluding carboxylic acids is 3. The van der Waals surface area contributed by atoms with E-state index in [0.717, 1.165) is 0 Å². The number of cyclic esters (lactones) is 1. The molecule has 1 unspecified atom stereocenters. The minimum absolute atomic E-state index is 0.100. The Balaban J connectivity index is 2.10. The lowest BCUT2D eigenvalue weighted by atomic mass is 9.90. The molecule has 1 aromatic rings. The average molecular weight is 364 g/mol. The molecule has 1 saturated heterocycles. The minimum Gasteiger partial charge on any atom is -0.493 e. The number of nitrogens with zero attached hydrogens (tertiary/aromatic N) is 2. The van der Waals surface area contributed by atoms with Crippen LogP contribution in [0.15, 0.2) is 12.1 Å². The van der Waals surface area contributed by atoms with Gasteiger partial charge in [0, 0.05) is 19.7 Å². The zero-order valence-corrected chi connectivity index (χ0v) is 14.9. The van der Waals surface area contributed by atoms with Crippen LogP contribution in [-0.4, -0.2) is 61.0 Å². The molecule has 2 heterocycles. The van der Waals surface area contributed by atoms with Gasteiger partial charge in [-0.3, -0.25) is 19.4 Å². The molecular weight excluding hydrogens is 348 g/mol. The predicted octanol–water partition coefficient (Wildman–Crippen LogP) is 0.747. The van der Waals surface area contributed by atoms with Gasteiger partial charge in [-0.15, -0.1) is 0 Å². The van der Waals surface area contributed by atoms with E-state index in [1.54, 1.807) is 12.1 Å². The van der Waals surface area contributed by atoms with Gasteiger partial charge in [0.05, 0.1) is 14.2 Å². The molecule has 0 aliphatic carbocycles. The molecule has 0 bridgehead atoms. The highest BCUT2D eigenvalue weighted by Gasteiger charge is 2.51. The van der Waals surface area contributed by atoms with Crippen LogP contribution in [0, 0.1) is 5.92 Å². The smallest absolute Gasteiger partial charge is 0.343 e. The summed E-state index contributed by atoms with van der Waals surface area (Å²) in [5.74, 6) is -2.35. The molecule has 0 aromatic heterocycles. The number of fused-ring (bicyclic) bond motifs is 1. The Hall–Kier alpha value is -2.68. The SMILES string of the molecule is COc1ccc2c(c1OC)C(=O)OC2C1C(=O)N(C)C(=S)N(C)C1=O. The standard InChI is InChI=1S/C16H16N2O6S/c1-17-13(19)10(14(20)18(2)16(17)25)11-7-5-6-8(22-3)12(23-4)9(7)15(21)24-11/h5-6,10-11H,1-4H3. The summed E-state index contributed by atoms with van der Waals surface area (Å²) in [6, 6.07) is 3.20. The highest BCUT2D eigenvalue weighted by atomic mass is 32.1. The van der Waals surface area contributed by atoms with Crippen molar-refractivity contribution in [2.45, 2.75) is 6.10 Å². The summed E-state index contributed by atoms with van der Waals surface area (Å²) in [5, 5.41) is 0.100. The molecule has 2 amide bonds. The number of ether oxygens (including phenoxy) is 3. The number of hydrogen-bond donors (Lipinski definition) is 0. The van der Waals surface area contributed by atoms with E-state index in [4.69, 9.17) is 26.4 Å². The van der Waals surface area contributed by atoms with Gasteiger partial charge >= 0.3 is 5.97 Å². The zero-order valence-electron chi connectivity index (χ0n) is 14.1. The van der Waals surface area contributed by atoms with E-state index in [1.165, 1.54) is 38.1 Å². The van der Waals surface area contributed by atoms with Gasteiger partial charge in [-0.25, -0.2) is 4.79 Å². The Morgan fingerprint density at radius 1 is 1.04 bits per heavy atom. The van der Waals surface area contributed by atoms with Crippen molar-refractivity contribution in [3.63, 3.8) is 0 Å². The maximum atomic E-state index is 12.6. The first-order valence-corrected chi connectivity index (χ1v) is 7.79. The summed E-state index contributed by atoms with van der Waals surface area (Å²) in [7, 11) is 5.80. The molecule has 2 aliphatic rings. The summed E-state index contributed by atoms with van der Waals surface area (Å²) in [4.78, 5) is 40.0. The molecule has 0 saturated carbocycles. The molecule has 3 rings (SSSR count). The summed E-state index contributed by atoms with van der Waals surface area (Å²) in [5.41, 5.74) is 0.565. The van der Waals surface area contributed by atoms with Crippen molar-refractivity contribution in [1.29, 1.82) is 0 Å². The van der Waals surface area contributed by atoms with Gasteiger partial charge in [-0.05, 0) is 18.3 Å². The molecule has 0 spiro atoms.